The second-order valence-electron chi connectivity index (χ2n) is 0.906. The lowest BCUT2D eigenvalue weighted by atomic mass is 10.4. The van der Waals surface area contributed by atoms with Crippen LogP contribution in [0.1, 0.15) is 6.42 Å². The molecule has 2 N–H and O–H groups in total. The molecule has 0 spiro atoms. The molecule has 0 aromatic heterocycles. The maximum atomic E-state index is 9.71. The van der Waals surface area contributed by atoms with Crippen LogP contribution in [0, 0.1) is 6.58 Å². The fourth-order valence-electron chi connectivity index (χ4n) is 0.116. The Morgan fingerprint density at radius 2 is 2.50 bits per heavy atom. The van der Waals surface area contributed by atoms with Crippen LogP contribution in [0.15, 0.2) is 6.08 Å². The van der Waals surface area contributed by atoms with E-state index in [-0.39, 0.29) is 6.42 Å². The lowest BCUT2D eigenvalue weighted by Gasteiger charge is -1.76. The van der Waals surface area contributed by atoms with Crippen LogP contribution in [-0.4, -0.2) is 5.91 Å². The maximum absolute atomic E-state index is 9.71. The minimum atomic E-state index is -0.391. The maximum Gasteiger partial charge on any atom is 0.221 e. The van der Waals surface area contributed by atoms with Gasteiger partial charge < -0.3 is 5.73 Å². The van der Waals surface area contributed by atoms with Gasteiger partial charge in [-0.3, -0.25) is 4.79 Å². The van der Waals surface area contributed by atoms with Gasteiger partial charge in [-0.05, 0) is 0 Å². The summed E-state index contributed by atoms with van der Waals surface area (Å²) < 4.78 is 0. The van der Waals surface area contributed by atoms with E-state index in [1.807, 2.05) is 0 Å². The van der Waals surface area contributed by atoms with Crippen LogP contribution in [0.2, 0.25) is 0 Å². The van der Waals surface area contributed by atoms with Gasteiger partial charge in [0, 0.05) is 6.42 Å². The highest BCUT2D eigenvalue weighted by Gasteiger charge is 1.80. The average Bonchev–Trinajstić information content (AvgIpc) is 1.35. The summed E-state index contributed by atoms with van der Waals surface area (Å²) in [7, 11) is 0. The van der Waals surface area contributed by atoms with Gasteiger partial charge in [-0.1, -0.05) is 12.7 Å². The van der Waals surface area contributed by atoms with Crippen molar-refractivity contribution >= 4 is 5.91 Å². The summed E-state index contributed by atoms with van der Waals surface area (Å²) in [5.74, 6) is -0.391. The van der Waals surface area contributed by atoms with Crippen molar-refractivity contribution in [2.45, 2.75) is 6.42 Å². The van der Waals surface area contributed by atoms with Gasteiger partial charge in [0.15, 0.2) is 0 Å². The quantitative estimate of drug-likeness (QED) is 0.496. The summed E-state index contributed by atoms with van der Waals surface area (Å²) in [5.41, 5.74) is 4.65. The molecule has 0 aliphatic heterocycles. The molecule has 0 bridgehead atoms. The highest BCUT2D eigenvalue weighted by molar-refractivity contribution is 5.75. The number of nitrogens with two attached hydrogens (primary N) is 1. The third-order valence-electron chi connectivity index (χ3n) is 0.319. The Bertz CT molecular complexity index is 67.9. The first-order chi connectivity index (χ1) is 2.77. The van der Waals surface area contributed by atoms with Crippen molar-refractivity contribution in [3.8, 4) is 0 Å². The number of hydrogen-bond acceptors (Lipinski definition) is 1. The second-order valence-corrected chi connectivity index (χ2v) is 0.906. The predicted octanol–water partition coefficient (Wildman–Crippen LogP) is -0.149. The van der Waals surface area contributed by atoms with E-state index in [0.717, 1.165) is 0 Å². The smallest absolute Gasteiger partial charge is 0.221 e. The molecule has 1 radical (unpaired) electrons. The Hall–Kier alpha value is -0.790. The molecule has 0 aromatic rings. The first-order valence-corrected chi connectivity index (χ1v) is 1.59. The topological polar surface area (TPSA) is 43.1 Å². The van der Waals surface area contributed by atoms with Gasteiger partial charge in [-0.25, -0.2) is 0 Å². The Morgan fingerprint density at radius 1 is 2.00 bits per heavy atom. The van der Waals surface area contributed by atoms with Gasteiger partial charge in [0.2, 0.25) is 5.91 Å². The average molecular weight is 84.1 g/mol. The Balaban J connectivity index is 3.05. The summed E-state index contributed by atoms with van der Waals surface area (Å²) in [6, 6.07) is 0. The number of rotatable bonds is 2. The number of amides is 1. The lowest BCUT2D eigenvalue weighted by Crippen LogP contribution is -2.07. The predicted molar refractivity (Wildman–Crippen MR) is 22.7 cm³/mol. The molecule has 0 saturated carbocycles. The summed E-state index contributed by atoms with van der Waals surface area (Å²) >= 11 is 0. The van der Waals surface area contributed by atoms with E-state index in [0.29, 0.717) is 0 Å². The molecule has 0 fully saturated rings. The third-order valence-corrected chi connectivity index (χ3v) is 0.319. The molecule has 0 aromatic carbocycles. The van der Waals surface area contributed by atoms with E-state index in [9.17, 15) is 4.79 Å². The van der Waals surface area contributed by atoms with E-state index in [2.05, 4.69) is 5.73 Å². The van der Waals surface area contributed by atoms with Gasteiger partial charge in [0.05, 0.1) is 0 Å². The van der Waals surface area contributed by atoms with Crippen molar-refractivity contribution in [3.05, 3.63) is 12.7 Å². The highest BCUT2D eigenvalue weighted by Crippen LogP contribution is 1.70. The highest BCUT2D eigenvalue weighted by atomic mass is 16.1. The molecule has 0 rings (SSSR count). The number of hydrogen-bond donors (Lipinski definition) is 1. The molecule has 6 heavy (non-hydrogen) atoms. The normalized spacial score (nSPS) is 7.33. The molecule has 2 heteroatoms. The molecule has 0 heterocycles. The van der Waals surface area contributed by atoms with Gasteiger partial charge in [0.25, 0.3) is 0 Å². The fourth-order valence-corrected chi connectivity index (χ4v) is 0.116. The molecule has 0 aliphatic carbocycles. The summed E-state index contributed by atoms with van der Waals surface area (Å²) in [4.78, 5) is 9.71. The molecule has 0 atom stereocenters. The molecule has 0 aliphatic rings. The van der Waals surface area contributed by atoms with Crippen LogP contribution in [0.3, 0.4) is 0 Å². The third kappa shape index (κ3) is 3.21. The summed E-state index contributed by atoms with van der Waals surface area (Å²) in [6.07, 6.45) is 1.39. The number of carbonyl (C=O) groups excluding carboxylic acids is 1. The van der Waals surface area contributed by atoms with Crippen molar-refractivity contribution in [2.24, 2.45) is 5.73 Å². The monoisotopic (exact) mass is 84.0 g/mol. The Morgan fingerprint density at radius 3 is 2.50 bits per heavy atom. The zero-order chi connectivity index (χ0) is 4.99. The number of carbonyl (C=O) groups is 1. The van der Waals surface area contributed by atoms with Crippen LogP contribution in [0.5, 0.6) is 0 Å². The van der Waals surface area contributed by atoms with Gasteiger partial charge >= 0.3 is 0 Å². The Labute approximate surface area is 36.6 Å². The molecular formula is C4H6NO. The van der Waals surface area contributed by atoms with Gasteiger partial charge in [0.1, 0.15) is 0 Å². The molecule has 0 saturated heterocycles. The summed E-state index contributed by atoms with van der Waals surface area (Å²) in [5, 5.41) is 0. The molecule has 1 amide bonds. The zero-order valence-corrected chi connectivity index (χ0v) is 3.35. The van der Waals surface area contributed by atoms with Crippen molar-refractivity contribution in [3.63, 3.8) is 0 Å². The molecule has 0 unspecified atom stereocenters. The van der Waals surface area contributed by atoms with E-state index in [1.54, 1.807) is 0 Å². The first-order valence-electron chi connectivity index (χ1n) is 1.59. The largest absolute Gasteiger partial charge is 0.369 e. The minimum Gasteiger partial charge on any atom is -0.369 e. The molecular weight excluding hydrogens is 78.0 g/mol. The second kappa shape index (κ2) is 2.45. The number of primary amides is 1. The Kier molecular flexibility index (Phi) is 2.13. The van der Waals surface area contributed by atoms with Gasteiger partial charge in [-0.15, -0.1) is 0 Å². The molecule has 33 valence electrons. The zero-order valence-electron chi connectivity index (χ0n) is 3.35. The van der Waals surface area contributed by atoms with Crippen LogP contribution < -0.4 is 5.73 Å². The summed E-state index contributed by atoms with van der Waals surface area (Å²) in [6.45, 7) is 4.80. The molecule has 2 nitrogen and oxygen atoms in total. The van der Waals surface area contributed by atoms with Crippen LogP contribution in [0.4, 0.5) is 0 Å². The van der Waals surface area contributed by atoms with Crippen molar-refractivity contribution in [1.29, 1.82) is 0 Å². The van der Waals surface area contributed by atoms with Crippen molar-refractivity contribution in [1.82, 2.24) is 0 Å². The fraction of sp³-hybridized carbons (Fsp3) is 0.250. The minimum absolute atomic E-state index is 0.167. The van der Waals surface area contributed by atoms with Crippen LogP contribution >= 0.6 is 0 Å². The SMILES string of the molecule is [CH]=CCC(N)=O. The standard InChI is InChI=1S/C4H6NO/c1-2-3-4(5)6/h1-2H,3H2,(H2,5,6). The van der Waals surface area contributed by atoms with E-state index < -0.39 is 5.91 Å². The van der Waals surface area contributed by atoms with Crippen LogP contribution in [-0.2, 0) is 4.79 Å². The van der Waals surface area contributed by atoms with Gasteiger partial charge in [-0.2, -0.15) is 0 Å². The van der Waals surface area contributed by atoms with E-state index >= 15 is 0 Å². The van der Waals surface area contributed by atoms with Crippen molar-refractivity contribution in [2.75, 3.05) is 0 Å². The van der Waals surface area contributed by atoms with Crippen molar-refractivity contribution < 1.29 is 4.79 Å². The van der Waals surface area contributed by atoms with Crippen LogP contribution in [0.25, 0.3) is 0 Å². The first kappa shape index (κ1) is 5.21. The van der Waals surface area contributed by atoms with E-state index in [4.69, 9.17) is 6.58 Å². The van der Waals surface area contributed by atoms with E-state index in [1.165, 1.54) is 6.08 Å². The lowest BCUT2D eigenvalue weighted by molar-refractivity contribution is -0.117.